The minimum Gasteiger partial charge on any atom is -0.0993 e. The summed E-state index contributed by atoms with van der Waals surface area (Å²) in [5.74, 6) is 0. The molecule has 0 radical (unpaired) electrons. The molecule has 2 atom stereocenters. The van der Waals surface area contributed by atoms with Crippen molar-refractivity contribution in [3.63, 3.8) is 0 Å². The van der Waals surface area contributed by atoms with Crippen LogP contribution in [0, 0.1) is 10.8 Å². The van der Waals surface area contributed by atoms with E-state index in [0.717, 1.165) is 0 Å². The average molecular weight is 283 g/mol. The highest BCUT2D eigenvalue weighted by Gasteiger charge is 2.52. The maximum atomic E-state index is 4.40. The van der Waals surface area contributed by atoms with Crippen molar-refractivity contribution in [1.82, 2.24) is 0 Å². The zero-order valence-corrected chi connectivity index (χ0v) is 12.4. The molecule has 0 aromatic carbocycles. The fourth-order valence-corrected chi connectivity index (χ4v) is 4.19. The Hall–Kier alpha value is -0.0400. The number of hydrogen-bond donors (Lipinski definition) is 0. The van der Waals surface area contributed by atoms with Gasteiger partial charge in [-0.25, -0.2) is 0 Å². The molecule has 2 aliphatic rings. The van der Waals surface area contributed by atoms with Gasteiger partial charge >= 0.3 is 0 Å². The predicted molar refractivity (Wildman–Crippen MR) is 74.9 cm³/mol. The van der Waals surface area contributed by atoms with Gasteiger partial charge < -0.3 is 0 Å². The van der Waals surface area contributed by atoms with E-state index in [4.69, 9.17) is 0 Å². The Labute approximate surface area is 108 Å². The molecule has 0 saturated heterocycles. The van der Waals surface area contributed by atoms with Crippen LogP contribution in [0.1, 0.15) is 52.9 Å². The molecular formula is C15H23Br. The number of hydrogen-bond acceptors (Lipinski definition) is 0. The Morgan fingerprint density at radius 1 is 1.38 bits per heavy atom. The molecule has 1 unspecified atom stereocenters. The highest BCUT2D eigenvalue weighted by molar-refractivity contribution is 9.09. The lowest BCUT2D eigenvalue weighted by Gasteiger charge is -2.55. The molecule has 1 spiro atoms. The number of rotatable bonds is 0. The van der Waals surface area contributed by atoms with Gasteiger partial charge in [0.15, 0.2) is 0 Å². The van der Waals surface area contributed by atoms with Crippen LogP contribution < -0.4 is 0 Å². The van der Waals surface area contributed by atoms with Crippen LogP contribution in [0.2, 0.25) is 0 Å². The summed E-state index contributed by atoms with van der Waals surface area (Å²) in [6, 6.07) is 0. The molecule has 1 fully saturated rings. The molecule has 0 heterocycles. The number of alkyl halides is 1. The second-order valence-corrected chi connectivity index (χ2v) is 7.27. The van der Waals surface area contributed by atoms with Crippen LogP contribution in [0.25, 0.3) is 0 Å². The molecule has 90 valence electrons. The molecule has 0 aromatic rings. The Balaban J connectivity index is 2.39. The molecule has 0 amide bonds. The van der Waals surface area contributed by atoms with Crippen molar-refractivity contribution in [2.24, 2.45) is 10.8 Å². The normalized spacial score (nSPS) is 38.6. The van der Waals surface area contributed by atoms with Crippen molar-refractivity contribution in [2.45, 2.75) is 57.7 Å². The highest BCUT2D eigenvalue weighted by Crippen LogP contribution is 2.61. The van der Waals surface area contributed by atoms with Gasteiger partial charge in [0.1, 0.15) is 0 Å². The van der Waals surface area contributed by atoms with E-state index in [0.29, 0.717) is 15.7 Å². The maximum absolute atomic E-state index is 4.40. The smallest absolute Gasteiger partial charge is 0.0208 e. The summed E-state index contributed by atoms with van der Waals surface area (Å²) in [6.07, 6.45) is 8.64. The van der Waals surface area contributed by atoms with Gasteiger partial charge in [-0.1, -0.05) is 53.6 Å². The van der Waals surface area contributed by atoms with Crippen molar-refractivity contribution < 1.29 is 0 Å². The monoisotopic (exact) mass is 282 g/mol. The van der Waals surface area contributed by atoms with E-state index in [1.54, 1.807) is 5.57 Å². The lowest BCUT2D eigenvalue weighted by Crippen LogP contribution is -2.48. The van der Waals surface area contributed by atoms with E-state index in [1.165, 1.54) is 37.7 Å². The first-order valence-corrected chi connectivity index (χ1v) is 7.30. The summed E-state index contributed by atoms with van der Waals surface area (Å²) in [6.45, 7) is 11.5. The zero-order chi connectivity index (χ0) is 12.0. The minimum atomic E-state index is 0.333. The standard InChI is InChI=1S/C15H23Br/c1-11-7-9-15(10-8-11)12(2)5-6-13(16)14(15,3)4/h7,13H,2,5-6,8-10H2,1,3-4H3/t13?,15-/m1/s1. The molecule has 0 N–H and O–H groups in total. The van der Waals surface area contributed by atoms with E-state index in [1.807, 2.05) is 0 Å². The fraction of sp³-hybridized carbons (Fsp3) is 0.733. The van der Waals surface area contributed by atoms with Crippen molar-refractivity contribution >= 4 is 15.9 Å². The second-order valence-electron chi connectivity index (χ2n) is 6.17. The molecule has 1 heteroatoms. The highest BCUT2D eigenvalue weighted by atomic mass is 79.9. The molecule has 0 aromatic heterocycles. The van der Waals surface area contributed by atoms with Crippen molar-refractivity contribution in [2.75, 3.05) is 0 Å². The van der Waals surface area contributed by atoms with Gasteiger partial charge in [0, 0.05) is 10.2 Å². The lowest BCUT2D eigenvalue weighted by molar-refractivity contribution is 0.0669. The van der Waals surface area contributed by atoms with Crippen molar-refractivity contribution in [1.29, 1.82) is 0 Å². The van der Waals surface area contributed by atoms with Crippen LogP contribution in [-0.2, 0) is 0 Å². The molecule has 0 nitrogen and oxygen atoms in total. The quantitative estimate of drug-likeness (QED) is 0.421. The van der Waals surface area contributed by atoms with E-state index in [-0.39, 0.29) is 0 Å². The largest absolute Gasteiger partial charge is 0.0993 e. The first-order valence-electron chi connectivity index (χ1n) is 6.38. The zero-order valence-electron chi connectivity index (χ0n) is 10.8. The van der Waals surface area contributed by atoms with E-state index < -0.39 is 0 Å². The van der Waals surface area contributed by atoms with Crippen LogP contribution in [0.15, 0.2) is 23.8 Å². The lowest BCUT2D eigenvalue weighted by atomic mass is 9.51. The van der Waals surface area contributed by atoms with Gasteiger partial charge in [0.25, 0.3) is 0 Å². The summed E-state index contributed by atoms with van der Waals surface area (Å²) in [7, 11) is 0. The van der Waals surface area contributed by atoms with Crippen LogP contribution in [0.4, 0.5) is 0 Å². The van der Waals surface area contributed by atoms with Gasteiger partial charge in [0.2, 0.25) is 0 Å². The van der Waals surface area contributed by atoms with E-state index in [2.05, 4.69) is 49.4 Å². The predicted octanol–water partition coefficient (Wildman–Crippen LogP) is 5.24. The van der Waals surface area contributed by atoms with Crippen molar-refractivity contribution in [3.05, 3.63) is 23.8 Å². The Morgan fingerprint density at radius 3 is 2.62 bits per heavy atom. The summed E-state index contributed by atoms with van der Waals surface area (Å²) in [5, 5.41) is 0. The van der Waals surface area contributed by atoms with Crippen LogP contribution in [0.3, 0.4) is 0 Å². The molecule has 16 heavy (non-hydrogen) atoms. The topological polar surface area (TPSA) is 0 Å². The van der Waals surface area contributed by atoms with Gasteiger partial charge in [-0.15, -0.1) is 0 Å². The first-order chi connectivity index (χ1) is 7.40. The van der Waals surface area contributed by atoms with Crippen LogP contribution in [0.5, 0.6) is 0 Å². The Morgan fingerprint density at radius 2 is 2.06 bits per heavy atom. The minimum absolute atomic E-state index is 0.333. The number of allylic oxidation sites excluding steroid dienone is 3. The summed E-state index contributed by atoms with van der Waals surface area (Å²) >= 11 is 3.90. The molecular weight excluding hydrogens is 260 g/mol. The molecule has 0 aliphatic heterocycles. The average Bonchev–Trinajstić information content (AvgIpc) is 2.24. The summed E-state index contributed by atoms with van der Waals surface area (Å²) in [5.41, 5.74) is 3.74. The van der Waals surface area contributed by atoms with Gasteiger partial charge in [-0.2, -0.15) is 0 Å². The van der Waals surface area contributed by atoms with Gasteiger partial charge in [-0.05, 0) is 44.4 Å². The van der Waals surface area contributed by atoms with Gasteiger partial charge in [0.05, 0.1) is 0 Å². The van der Waals surface area contributed by atoms with Gasteiger partial charge in [-0.3, -0.25) is 0 Å². The first kappa shape index (κ1) is 12.4. The van der Waals surface area contributed by atoms with Crippen molar-refractivity contribution in [3.8, 4) is 0 Å². The second kappa shape index (κ2) is 4.01. The molecule has 2 rings (SSSR count). The fourth-order valence-electron chi connectivity index (χ4n) is 3.53. The Bertz CT molecular complexity index is 337. The Kier molecular flexibility index (Phi) is 3.11. The number of halogens is 1. The maximum Gasteiger partial charge on any atom is 0.0208 e. The summed E-state index contributed by atoms with van der Waals surface area (Å²) in [4.78, 5) is 0.636. The van der Waals surface area contributed by atoms with Crippen LogP contribution >= 0.6 is 15.9 Å². The third kappa shape index (κ3) is 1.63. The third-order valence-corrected chi connectivity index (χ3v) is 6.74. The van der Waals surface area contributed by atoms with E-state index in [9.17, 15) is 0 Å². The molecule has 2 aliphatic carbocycles. The molecule has 1 saturated carbocycles. The van der Waals surface area contributed by atoms with Crippen LogP contribution in [-0.4, -0.2) is 4.83 Å². The third-order valence-electron chi connectivity index (χ3n) is 5.14. The van der Waals surface area contributed by atoms with E-state index >= 15 is 0 Å². The molecule has 0 bridgehead atoms. The SMILES string of the molecule is C=C1CCC(Br)C(C)(C)[C@@]12CC=C(C)CC2. The summed E-state index contributed by atoms with van der Waals surface area (Å²) < 4.78 is 0.